The van der Waals surface area contributed by atoms with E-state index in [9.17, 15) is 5.26 Å². The van der Waals surface area contributed by atoms with Gasteiger partial charge in [0.25, 0.3) is 0 Å². The Balaban J connectivity index is 1.49. The van der Waals surface area contributed by atoms with Crippen LogP contribution < -0.4 is 0 Å². The SMILES string of the molecule is C=C=C(c1cc(C(=C)N2CCCCC2)c2cc(CCc3ccc(S)cc3)ccc2n1)N1CCC(C)(C#N)CC1. The van der Waals surface area contributed by atoms with Gasteiger partial charge in [-0.05, 0) is 93.3 Å². The predicted octanol–water partition coefficient (Wildman–Crippen LogP) is 7.52. The quantitative estimate of drug-likeness (QED) is 0.252. The third-order valence-corrected chi connectivity index (χ3v) is 8.72. The lowest BCUT2D eigenvalue weighted by molar-refractivity contribution is 0.215. The van der Waals surface area contributed by atoms with Gasteiger partial charge in [-0.25, -0.2) is 4.98 Å². The molecule has 5 rings (SSSR count). The number of nitriles is 1. The summed E-state index contributed by atoms with van der Waals surface area (Å²) in [7, 11) is 0. The van der Waals surface area contributed by atoms with E-state index in [1.165, 1.54) is 30.4 Å². The Morgan fingerprint density at radius 3 is 2.28 bits per heavy atom. The molecule has 200 valence electrons. The molecule has 0 atom stereocenters. The van der Waals surface area contributed by atoms with Crippen LogP contribution in [0, 0.1) is 16.7 Å². The summed E-state index contributed by atoms with van der Waals surface area (Å²) in [5.41, 5.74) is 10.5. The molecule has 0 amide bonds. The van der Waals surface area contributed by atoms with Crippen LogP contribution in [-0.2, 0) is 12.8 Å². The van der Waals surface area contributed by atoms with Gasteiger partial charge in [-0.1, -0.05) is 31.4 Å². The van der Waals surface area contributed by atoms with Gasteiger partial charge in [0.05, 0.1) is 22.7 Å². The molecule has 0 spiro atoms. The zero-order valence-corrected chi connectivity index (χ0v) is 23.9. The van der Waals surface area contributed by atoms with Gasteiger partial charge in [0.1, 0.15) is 5.70 Å². The molecule has 3 aromatic rings. The minimum Gasteiger partial charge on any atom is -0.372 e. The number of likely N-dealkylation sites (tertiary alicyclic amines) is 2. The third kappa shape index (κ3) is 6.09. The van der Waals surface area contributed by atoms with Crippen molar-refractivity contribution in [1.29, 1.82) is 5.26 Å². The summed E-state index contributed by atoms with van der Waals surface area (Å²) in [5, 5.41) is 10.7. The minimum atomic E-state index is -0.265. The number of hydrogen-bond acceptors (Lipinski definition) is 5. The molecule has 0 N–H and O–H groups in total. The first-order valence-electron chi connectivity index (χ1n) is 14.1. The van der Waals surface area contributed by atoms with Crippen molar-refractivity contribution in [3.8, 4) is 6.07 Å². The maximum Gasteiger partial charge on any atom is 0.106 e. The van der Waals surface area contributed by atoms with E-state index in [1.54, 1.807) is 0 Å². The van der Waals surface area contributed by atoms with Gasteiger partial charge in [-0.2, -0.15) is 5.26 Å². The van der Waals surface area contributed by atoms with Gasteiger partial charge in [-0.3, -0.25) is 0 Å². The Hall–Kier alpha value is -3.45. The Bertz CT molecular complexity index is 1450. The van der Waals surface area contributed by atoms with Gasteiger partial charge < -0.3 is 9.80 Å². The molecule has 2 aromatic carbocycles. The first-order valence-corrected chi connectivity index (χ1v) is 14.6. The van der Waals surface area contributed by atoms with Gasteiger partial charge in [0, 0.05) is 47.7 Å². The molecule has 1 aromatic heterocycles. The average molecular weight is 535 g/mol. The van der Waals surface area contributed by atoms with E-state index in [0.717, 1.165) is 90.3 Å². The highest BCUT2D eigenvalue weighted by molar-refractivity contribution is 7.80. The van der Waals surface area contributed by atoms with Crippen molar-refractivity contribution in [2.75, 3.05) is 26.2 Å². The minimum absolute atomic E-state index is 0.265. The highest BCUT2D eigenvalue weighted by atomic mass is 32.1. The molecule has 0 unspecified atom stereocenters. The summed E-state index contributed by atoms with van der Waals surface area (Å²) >= 11 is 4.41. The van der Waals surface area contributed by atoms with Crippen molar-refractivity contribution in [2.45, 2.75) is 56.8 Å². The number of fused-ring (bicyclic) bond motifs is 1. The highest BCUT2D eigenvalue weighted by Gasteiger charge is 2.31. The molecular formula is C34H38N4S. The number of nitrogens with zero attached hydrogens (tertiary/aromatic N) is 4. The standard InChI is InChI=1S/C34H38N4S/c1-4-33(38-20-16-34(3,24-35)17-21-38)32-23-29(25(2)37-18-6-5-7-19-37)30-22-27(12-15-31(30)36-32)9-8-26-10-13-28(39)14-11-26/h10-15,22-23,39H,1-2,5-9,16-21H2,3H3. The topological polar surface area (TPSA) is 43.2 Å². The van der Waals surface area contributed by atoms with E-state index in [4.69, 9.17) is 4.98 Å². The molecule has 5 heteroatoms. The van der Waals surface area contributed by atoms with Gasteiger partial charge in [0.15, 0.2) is 0 Å². The first-order chi connectivity index (χ1) is 18.9. The maximum absolute atomic E-state index is 9.59. The van der Waals surface area contributed by atoms with Crippen LogP contribution in [0.25, 0.3) is 22.3 Å². The van der Waals surface area contributed by atoms with Crippen LogP contribution in [0.2, 0.25) is 0 Å². The summed E-state index contributed by atoms with van der Waals surface area (Å²) in [6.07, 6.45) is 7.29. The van der Waals surface area contributed by atoms with E-state index in [0.29, 0.717) is 0 Å². The molecule has 2 fully saturated rings. The lowest BCUT2D eigenvalue weighted by Gasteiger charge is -2.37. The number of thiol groups is 1. The third-order valence-electron chi connectivity index (χ3n) is 8.42. The van der Waals surface area contributed by atoms with Crippen LogP contribution in [0.1, 0.15) is 61.4 Å². The summed E-state index contributed by atoms with van der Waals surface area (Å²) < 4.78 is 0. The largest absolute Gasteiger partial charge is 0.372 e. The molecule has 39 heavy (non-hydrogen) atoms. The Labute approximate surface area is 238 Å². The van der Waals surface area contributed by atoms with Crippen LogP contribution in [-0.4, -0.2) is 41.0 Å². The molecule has 0 aliphatic carbocycles. The van der Waals surface area contributed by atoms with E-state index in [2.05, 4.69) is 103 Å². The van der Waals surface area contributed by atoms with Gasteiger partial charge >= 0.3 is 0 Å². The second-order valence-electron chi connectivity index (χ2n) is 11.3. The second kappa shape index (κ2) is 11.7. The van der Waals surface area contributed by atoms with Crippen molar-refractivity contribution in [2.24, 2.45) is 5.41 Å². The fraction of sp³-hybridized carbons (Fsp3) is 0.382. The fourth-order valence-electron chi connectivity index (χ4n) is 5.77. The molecule has 2 aliphatic rings. The molecule has 0 bridgehead atoms. The van der Waals surface area contributed by atoms with Gasteiger partial charge in [-0.15, -0.1) is 18.4 Å². The molecule has 2 saturated heterocycles. The van der Waals surface area contributed by atoms with Crippen LogP contribution in [0.4, 0.5) is 0 Å². The Morgan fingerprint density at radius 2 is 1.62 bits per heavy atom. The number of aromatic nitrogens is 1. The first kappa shape index (κ1) is 27.1. The zero-order valence-electron chi connectivity index (χ0n) is 23.0. The van der Waals surface area contributed by atoms with Crippen molar-refractivity contribution in [1.82, 2.24) is 14.8 Å². The molecule has 0 saturated carbocycles. The number of aryl methyl sites for hydroxylation is 2. The van der Waals surface area contributed by atoms with Crippen molar-refractivity contribution in [3.05, 3.63) is 89.8 Å². The maximum atomic E-state index is 9.59. The Morgan fingerprint density at radius 1 is 0.949 bits per heavy atom. The molecule has 2 aliphatic heterocycles. The number of hydrogen-bond donors (Lipinski definition) is 1. The number of benzene rings is 2. The Kier molecular flexibility index (Phi) is 8.17. The zero-order chi connectivity index (χ0) is 27.4. The van der Waals surface area contributed by atoms with Crippen molar-refractivity contribution >= 4 is 34.9 Å². The predicted molar refractivity (Wildman–Crippen MR) is 164 cm³/mol. The average Bonchev–Trinajstić information content (AvgIpc) is 2.98. The summed E-state index contributed by atoms with van der Waals surface area (Å²) in [6.45, 7) is 14.4. The lowest BCUT2D eigenvalue weighted by Crippen LogP contribution is -2.37. The second-order valence-corrected chi connectivity index (χ2v) is 11.8. The smallest absolute Gasteiger partial charge is 0.106 e. The number of rotatable bonds is 7. The van der Waals surface area contributed by atoms with Crippen LogP contribution >= 0.6 is 12.6 Å². The van der Waals surface area contributed by atoms with E-state index in [-0.39, 0.29) is 5.41 Å². The number of piperidine rings is 2. The molecular weight excluding hydrogens is 496 g/mol. The van der Waals surface area contributed by atoms with Crippen LogP contribution in [0.3, 0.4) is 0 Å². The molecule has 3 heterocycles. The number of pyridine rings is 1. The van der Waals surface area contributed by atoms with Crippen molar-refractivity contribution < 1.29 is 0 Å². The molecule has 0 radical (unpaired) electrons. The van der Waals surface area contributed by atoms with Crippen molar-refractivity contribution in [3.63, 3.8) is 0 Å². The summed E-state index contributed by atoms with van der Waals surface area (Å²) in [5.74, 6) is 0. The monoisotopic (exact) mass is 534 g/mol. The summed E-state index contributed by atoms with van der Waals surface area (Å²) in [4.78, 5) is 10.8. The van der Waals surface area contributed by atoms with Crippen LogP contribution in [0.5, 0.6) is 0 Å². The molecule has 4 nitrogen and oxygen atoms in total. The normalized spacial score (nSPS) is 16.9. The van der Waals surface area contributed by atoms with Gasteiger partial charge in [0.2, 0.25) is 0 Å². The van der Waals surface area contributed by atoms with E-state index in [1.807, 2.05) is 0 Å². The lowest BCUT2D eigenvalue weighted by atomic mass is 9.82. The van der Waals surface area contributed by atoms with E-state index < -0.39 is 0 Å². The highest BCUT2D eigenvalue weighted by Crippen LogP contribution is 2.35. The summed E-state index contributed by atoms with van der Waals surface area (Å²) in [6, 6.07) is 19.8. The fourth-order valence-corrected chi connectivity index (χ4v) is 5.92. The van der Waals surface area contributed by atoms with E-state index >= 15 is 0 Å². The van der Waals surface area contributed by atoms with Crippen LogP contribution in [0.15, 0.2) is 72.3 Å².